The van der Waals surface area contributed by atoms with Crippen molar-refractivity contribution in [2.45, 2.75) is 31.3 Å². The standard InChI is InChI=1S/C29H29N5O4S/c1-29(2,3)21-11-9-19(10-12-21)26-32-33-28(34(26)22-13-15-23(38-4)16-14-22)39-18-25(35)31-30-17-20-7-5-6-8-24(20)27(36)37/h5-17H,18H2,1-4H3,(H,31,35)(H,36,37). The summed E-state index contributed by atoms with van der Waals surface area (Å²) in [4.78, 5) is 23.9. The molecule has 9 nitrogen and oxygen atoms in total. The molecule has 1 heterocycles. The molecule has 0 unspecified atom stereocenters. The second kappa shape index (κ2) is 12.0. The number of ether oxygens (including phenoxy) is 1. The van der Waals surface area contributed by atoms with Crippen LogP contribution >= 0.6 is 11.8 Å². The van der Waals surface area contributed by atoms with Crippen molar-refractivity contribution in [3.63, 3.8) is 0 Å². The molecule has 0 atom stereocenters. The zero-order valence-corrected chi connectivity index (χ0v) is 22.9. The van der Waals surface area contributed by atoms with Gasteiger partial charge < -0.3 is 9.84 Å². The lowest BCUT2D eigenvalue weighted by molar-refractivity contribution is -0.118. The van der Waals surface area contributed by atoms with Crippen molar-refractivity contribution < 1.29 is 19.4 Å². The van der Waals surface area contributed by atoms with Gasteiger partial charge in [0.05, 0.1) is 24.6 Å². The Bertz CT molecular complexity index is 1490. The van der Waals surface area contributed by atoms with Gasteiger partial charge in [0, 0.05) is 16.8 Å². The predicted octanol–water partition coefficient (Wildman–Crippen LogP) is 5.18. The van der Waals surface area contributed by atoms with E-state index in [2.05, 4.69) is 53.6 Å². The Morgan fingerprint density at radius 1 is 1.03 bits per heavy atom. The summed E-state index contributed by atoms with van der Waals surface area (Å²) >= 11 is 1.22. The lowest BCUT2D eigenvalue weighted by atomic mass is 9.87. The van der Waals surface area contributed by atoms with Crippen LogP contribution in [0.25, 0.3) is 17.1 Å². The Hall–Kier alpha value is -4.44. The number of carboxylic acids is 1. The molecule has 0 saturated carbocycles. The molecular formula is C29H29N5O4S. The number of carbonyl (C=O) groups excluding carboxylic acids is 1. The Balaban J connectivity index is 1.55. The number of rotatable bonds is 9. The van der Waals surface area contributed by atoms with E-state index < -0.39 is 5.97 Å². The number of amides is 1. The molecule has 2 N–H and O–H groups in total. The molecule has 39 heavy (non-hydrogen) atoms. The number of carboxylic acid groups (broad SMARTS) is 1. The SMILES string of the molecule is COc1ccc(-n2c(SCC(=O)NN=Cc3ccccc3C(=O)O)nnc2-c2ccc(C(C)(C)C)cc2)cc1. The zero-order chi connectivity index (χ0) is 28.0. The summed E-state index contributed by atoms with van der Waals surface area (Å²) in [5.74, 6) is -0.0504. The van der Waals surface area contributed by atoms with Crippen molar-refractivity contribution in [2.75, 3.05) is 12.9 Å². The minimum absolute atomic E-state index is 0.0226. The second-order valence-corrected chi connectivity index (χ2v) is 10.6. The van der Waals surface area contributed by atoms with Crippen molar-refractivity contribution >= 4 is 29.9 Å². The largest absolute Gasteiger partial charge is 0.497 e. The Morgan fingerprint density at radius 3 is 2.36 bits per heavy atom. The third kappa shape index (κ3) is 6.71. The van der Waals surface area contributed by atoms with Gasteiger partial charge in [0.25, 0.3) is 5.91 Å². The van der Waals surface area contributed by atoms with Gasteiger partial charge in [-0.1, -0.05) is 75.0 Å². The predicted molar refractivity (Wildman–Crippen MR) is 152 cm³/mol. The number of benzene rings is 3. The summed E-state index contributed by atoms with van der Waals surface area (Å²) in [5.41, 5.74) is 5.87. The lowest BCUT2D eigenvalue weighted by Crippen LogP contribution is -2.20. The normalized spacial score (nSPS) is 11.5. The molecular weight excluding hydrogens is 514 g/mol. The van der Waals surface area contributed by atoms with Crippen molar-refractivity contribution in [3.8, 4) is 22.8 Å². The first-order chi connectivity index (χ1) is 18.7. The van der Waals surface area contributed by atoms with E-state index in [1.807, 2.05) is 41.0 Å². The fourth-order valence-electron chi connectivity index (χ4n) is 3.77. The monoisotopic (exact) mass is 543 g/mol. The Kier molecular flexibility index (Phi) is 8.46. The van der Waals surface area contributed by atoms with Crippen LogP contribution < -0.4 is 10.2 Å². The summed E-state index contributed by atoms with van der Waals surface area (Å²) in [6.45, 7) is 6.49. The molecule has 0 aliphatic heterocycles. The van der Waals surface area contributed by atoms with E-state index >= 15 is 0 Å². The molecule has 3 aromatic carbocycles. The number of carbonyl (C=O) groups is 2. The lowest BCUT2D eigenvalue weighted by Gasteiger charge is -2.19. The van der Waals surface area contributed by atoms with Crippen LogP contribution in [0, 0.1) is 0 Å². The average Bonchev–Trinajstić information content (AvgIpc) is 3.35. The topological polar surface area (TPSA) is 119 Å². The number of aromatic carboxylic acids is 1. The van der Waals surface area contributed by atoms with Crippen LogP contribution in [0.2, 0.25) is 0 Å². The van der Waals surface area contributed by atoms with Crippen LogP contribution in [0.1, 0.15) is 42.3 Å². The molecule has 0 fully saturated rings. The van der Waals surface area contributed by atoms with E-state index in [1.54, 1.807) is 25.3 Å². The summed E-state index contributed by atoms with van der Waals surface area (Å²) in [6, 6.07) is 22.2. The quantitative estimate of drug-likeness (QED) is 0.170. The van der Waals surface area contributed by atoms with Gasteiger partial charge in [-0.2, -0.15) is 5.10 Å². The molecule has 4 aromatic rings. The number of nitrogens with zero attached hydrogens (tertiary/aromatic N) is 4. The highest BCUT2D eigenvalue weighted by atomic mass is 32.2. The number of hydrogen-bond donors (Lipinski definition) is 2. The first-order valence-corrected chi connectivity index (χ1v) is 13.1. The van der Waals surface area contributed by atoms with Crippen molar-refractivity contribution in [1.29, 1.82) is 0 Å². The minimum Gasteiger partial charge on any atom is -0.497 e. The molecule has 0 spiro atoms. The summed E-state index contributed by atoms with van der Waals surface area (Å²) in [5, 5.41) is 22.6. The number of methoxy groups -OCH3 is 1. The van der Waals surface area contributed by atoms with E-state index in [-0.39, 0.29) is 22.6 Å². The van der Waals surface area contributed by atoms with Gasteiger partial charge in [-0.05, 0) is 41.3 Å². The molecule has 0 radical (unpaired) electrons. The Morgan fingerprint density at radius 2 is 1.72 bits per heavy atom. The average molecular weight is 544 g/mol. The smallest absolute Gasteiger partial charge is 0.336 e. The van der Waals surface area contributed by atoms with Crippen molar-refractivity contribution in [1.82, 2.24) is 20.2 Å². The highest BCUT2D eigenvalue weighted by Crippen LogP contribution is 2.30. The maximum Gasteiger partial charge on any atom is 0.336 e. The van der Waals surface area contributed by atoms with Gasteiger partial charge in [0.2, 0.25) is 0 Å². The summed E-state index contributed by atoms with van der Waals surface area (Å²) < 4.78 is 7.20. The van der Waals surface area contributed by atoms with E-state index in [0.29, 0.717) is 16.5 Å². The van der Waals surface area contributed by atoms with Crippen molar-refractivity contribution in [2.24, 2.45) is 5.10 Å². The first-order valence-electron chi connectivity index (χ1n) is 12.1. The minimum atomic E-state index is -1.07. The molecule has 0 aliphatic rings. The molecule has 10 heteroatoms. The Labute approximate surface area is 230 Å². The van der Waals surface area contributed by atoms with Crippen molar-refractivity contribution in [3.05, 3.63) is 89.5 Å². The first kappa shape index (κ1) is 27.6. The fraction of sp³-hybridized carbons (Fsp3) is 0.207. The third-order valence-corrected chi connectivity index (χ3v) is 6.82. The molecule has 1 amide bonds. The second-order valence-electron chi connectivity index (χ2n) is 9.64. The summed E-state index contributed by atoms with van der Waals surface area (Å²) in [6.07, 6.45) is 1.31. The number of hydrogen-bond acceptors (Lipinski definition) is 7. The zero-order valence-electron chi connectivity index (χ0n) is 22.1. The van der Waals surface area contributed by atoms with Gasteiger partial charge in [-0.3, -0.25) is 9.36 Å². The van der Waals surface area contributed by atoms with E-state index in [0.717, 1.165) is 17.0 Å². The molecule has 4 rings (SSSR count). The van der Waals surface area contributed by atoms with E-state index in [1.165, 1.54) is 29.6 Å². The highest BCUT2D eigenvalue weighted by Gasteiger charge is 2.19. The summed E-state index contributed by atoms with van der Waals surface area (Å²) in [7, 11) is 1.61. The highest BCUT2D eigenvalue weighted by molar-refractivity contribution is 7.99. The molecule has 1 aromatic heterocycles. The van der Waals surface area contributed by atoms with Gasteiger partial charge >= 0.3 is 5.97 Å². The molecule has 0 bridgehead atoms. The fourth-order valence-corrected chi connectivity index (χ4v) is 4.52. The van der Waals surface area contributed by atoms with Gasteiger partial charge in [-0.15, -0.1) is 10.2 Å². The van der Waals surface area contributed by atoms with Gasteiger partial charge in [0.15, 0.2) is 11.0 Å². The van der Waals surface area contributed by atoms with Crippen LogP contribution in [-0.4, -0.2) is 50.8 Å². The van der Waals surface area contributed by atoms with Crippen LogP contribution in [0.15, 0.2) is 83.1 Å². The van der Waals surface area contributed by atoms with Crippen LogP contribution in [0.5, 0.6) is 5.75 Å². The number of thioether (sulfide) groups is 1. The van der Waals surface area contributed by atoms with E-state index in [4.69, 9.17) is 4.74 Å². The number of nitrogens with one attached hydrogen (secondary N) is 1. The number of aromatic nitrogens is 3. The molecule has 0 aliphatic carbocycles. The van der Waals surface area contributed by atoms with Crippen LogP contribution in [-0.2, 0) is 10.2 Å². The van der Waals surface area contributed by atoms with Gasteiger partial charge in [0.1, 0.15) is 5.75 Å². The maximum atomic E-state index is 12.5. The van der Waals surface area contributed by atoms with Gasteiger partial charge in [-0.25, -0.2) is 10.2 Å². The van der Waals surface area contributed by atoms with Crippen LogP contribution in [0.3, 0.4) is 0 Å². The maximum absolute atomic E-state index is 12.5. The van der Waals surface area contributed by atoms with E-state index in [9.17, 15) is 14.7 Å². The molecule has 200 valence electrons. The third-order valence-electron chi connectivity index (χ3n) is 5.89. The van der Waals surface area contributed by atoms with Crippen LogP contribution in [0.4, 0.5) is 0 Å². The molecule has 0 saturated heterocycles. The number of hydrazone groups is 1.